The molecule has 1 heterocycles. The molecule has 9 nitrogen and oxygen atoms in total. The average Bonchev–Trinajstić information content (AvgIpc) is 2.84. The van der Waals surface area contributed by atoms with Crippen molar-refractivity contribution in [2.24, 2.45) is 0 Å². The number of para-hydroxylation sites is 1. The highest BCUT2D eigenvalue weighted by molar-refractivity contribution is 5.81. The molecule has 1 aromatic heterocycles. The first kappa shape index (κ1) is 25.7. The highest BCUT2D eigenvalue weighted by Crippen LogP contribution is 2.12. The van der Waals surface area contributed by atoms with Gasteiger partial charge in [0.2, 0.25) is 11.8 Å². The molecule has 186 valence electrons. The van der Waals surface area contributed by atoms with Crippen LogP contribution in [0.3, 0.4) is 0 Å². The first-order valence-corrected chi connectivity index (χ1v) is 11.7. The maximum absolute atomic E-state index is 13.2. The molecule has 2 N–H and O–H groups in total. The summed E-state index contributed by atoms with van der Waals surface area (Å²) in [6, 6.07) is 14.2. The van der Waals surface area contributed by atoms with Crippen LogP contribution in [0.25, 0.3) is 10.9 Å². The van der Waals surface area contributed by atoms with Gasteiger partial charge in [0.05, 0.1) is 18.0 Å². The van der Waals surface area contributed by atoms with Gasteiger partial charge in [-0.1, -0.05) is 24.3 Å². The highest BCUT2D eigenvalue weighted by atomic mass is 16.5. The summed E-state index contributed by atoms with van der Waals surface area (Å²) < 4.78 is 7.68. The quantitative estimate of drug-likeness (QED) is 0.409. The lowest BCUT2D eigenvalue weighted by atomic mass is 10.2. The second-order valence-electron chi connectivity index (χ2n) is 8.65. The fraction of sp³-hybridized carbons (Fsp3) is 0.385. The van der Waals surface area contributed by atoms with Gasteiger partial charge in [-0.25, -0.2) is 4.79 Å². The van der Waals surface area contributed by atoms with Crippen LogP contribution in [-0.4, -0.2) is 34.1 Å². The van der Waals surface area contributed by atoms with Crippen LogP contribution in [0.15, 0.2) is 58.1 Å². The van der Waals surface area contributed by atoms with E-state index in [1.165, 1.54) is 4.57 Å². The van der Waals surface area contributed by atoms with Crippen molar-refractivity contribution >= 4 is 22.7 Å². The topological polar surface area (TPSA) is 111 Å². The Labute approximate surface area is 203 Å². The van der Waals surface area contributed by atoms with E-state index in [1.807, 2.05) is 38.1 Å². The molecule has 0 saturated carbocycles. The molecule has 9 heteroatoms. The third-order valence-corrected chi connectivity index (χ3v) is 5.54. The van der Waals surface area contributed by atoms with E-state index in [0.29, 0.717) is 35.9 Å². The second-order valence-corrected chi connectivity index (χ2v) is 8.65. The molecule has 0 fully saturated rings. The number of hydrogen-bond donors (Lipinski definition) is 2. The van der Waals surface area contributed by atoms with Crippen molar-refractivity contribution in [1.29, 1.82) is 0 Å². The van der Waals surface area contributed by atoms with E-state index in [0.717, 1.165) is 10.1 Å². The monoisotopic (exact) mass is 480 g/mol. The number of methoxy groups -OCH3 is 1. The lowest BCUT2D eigenvalue weighted by molar-refractivity contribution is -0.122. The summed E-state index contributed by atoms with van der Waals surface area (Å²) in [4.78, 5) is 50.8. The number of hydrogen-bond acceptors (Lipinski definition) is 5. The number of amides is 2. The van der Waals surface area contributed by atoms with Crippen molar-refractivity contribution in [3.63, 3.8) is 0 Å². The van der Waals surface area contributed by atoms with Gasteiger partial charge in [-0.3, -0.25) is 23.5 Å². The smallest absolute Gasteiger partial charge is 0.331 e. The minimum Gasteiger partial charge on any atom is -0.497 e. The van der Waals surface area contributed by atoms with Gasteiger partial charge in [0.15, 0.2) is 0 Å². The standard InChI is InChI=1S/C26H32N4O5/c1-18(2)28-23(31)13-6-7-14-29-25(33)21-11-4-5-12-22(21)30(26(29)34)17-24(32)27-16-19-9-8-10-20(15-19)35-3/h4-5,8-12,15,18H,6-7,13-14,16-17H2,1-3H3,(H,27,32)(H,28,31). The maximum Gasteiger partial charge on any atom is 0.331 e. The summed E-state index contributed by atoms with van der Waals surface area (Å²) in [5.74, 6) is 0.277. The molecular weight excluding hydrogens is 448 g/mol. The van der Waals surface area contributed by atoms with Crippen LogP contribution < -0.4 is 26.6 Å². The predicted octanol–water partition coefficient (Wildman–Crippen LogP) is 2.18. The van der Waals surface area contributed by atoms with Crippen molar-refractivity contribution in [3.8, 4) is 5.75 Å². The number of nitrogens with zero attached hydrogens (tertiary/aromatic N) is 2. The lowest BCUT2D eigenvalue weighted by Crippen LogP contribution is -2.42. The SMILES string of the molecule is COc1cccc(CNC(=O)Cn2c(=O)n(CCCCC(=O)NC(C)C)c(=O)c3ccccc32)c1. The lowest BCUT2D eigenvalue weighted by Gasteiger charge is -2.14. The first-order valence-electron chi connectivity index (χ1n) is 11.7. The fourth-order valence-corrected chi connectivity index (χ4v) is 3.85. The number of nitrogens with one attached hydrogen (secondary N) is 2. The molecule has 0 bridgehead atoms. The molecule has 0 saturated heterocycles. The molecule has 0 aliphatic heterocycles. The molecule has 3 rings (SSSR count). The summed E-state index contributed by atoms with van der Waals surface area (Å²) in [7, 11) is 1.57. The van der Waals surface area contributed by atoms with Gasteiger partial charge < -0.3 is 15.4 Å². The molecule has 35 heavy (non-hydrogen) atoms. The molecule has 0 atom stereocenters. The van der Waals surface area contributed by atoms with Gasteiger partial charge in [-0.15, -0.1) is 0 Å². The van der Waals surface area contributed by atoms with Crippen LogP contribution in [0.1, 0.15) is 38.7 Å². The Morgan fingerprint density at radius 1 is 0.971 bits per heavy atom. The third kappa shape index (κ3) is 6.81. The minimum atomic E-state index is -0.545. The van der Waals surface area contributed by atoms with Gasteiger partial charge in [-0.2, -0.15) is 0 Å². The number of carbonyl (C=O) groups is 2. The van der Waals surface area contributed by atoms with Crippen LogP contribution in [0.2, 0.25) is 0 Å². The Morgan fingerprint density at radius 3 is 2.49 bits per heavy atom. The minimum absolute atomic E-state index is 0.0593. The summed E-state index contributed by atoms with van der Waals surface area (Å²) in [6.45, 7) is 4.01. The average molecular weight is 481 g/mol. The number of carbonyl (C=O) groups excluding carboxylic acids is 2. The van der Waals surface area contributed by atoms with E-state index in [-0.39, 0.29) is 37.5 Å². The zero-order valence-corrected chi connectivity index (χ0v) is 20.4. The van der Waals surface area contributed by atoms with Crippen LogP contribution in [0.4, 0.5) is 0 Å². The van der Waals surface area contributed by atoms with Gasteiger partial charge >= 0.3 is 5.69 Å². The first-order chi connectivity index (χ1) is 16.8. The van der Waals surface area contributed by atoms with Crippen molar-refractivity contribution in [3.05, 3.63) is 74.9 Å². The molecule has 2 aromatic carbocycles. The molecule has 0 spiro atoms. The molecule has 0 radical (unpaired) electrons. The number of fused-ring (bicyclic) bond motifs is 1. The van der Waals surface area contributed by atoms with E-state index in [4.69, 9.17) is 4.74 Å². The zero-order chi connectivity index (χ0) is 25.4. The molecular formula is C26H32N4O5. The Balaban J connectivity index is 1.76. The van der Waals surface area contributed by atoms with Crippen LogP contribution in [-0.2, 0) is 29.2 Å². The second kappa shape index (κ2) is 12.0. The number of aromatic nitrogens is 2. The molecule has 0 unspecified atom stereocenters. The van der Waals surface area contributed by atoms with E-state index in [9.17, 15) is 19.2 Å². The Bertz CT molecular complexity index is 1310. The third-order valence-electron chi connectivity index (χ3n) is 5.54. The largest absolute Gasteiger partial charge is 0.497 e. The summed E-state index contributed by atoms with van der Waals surface area (Å²) in [5.41, 5.74) is 0.329. The van der Waals surface area contributed by atoms with E-state index in [1.54, 1.807) is 31.4 Å². The van der Waals surface area contributed by atoms with Crippen LogP contribution >= 0.6 is 0 Å². The van der Waals surface area contributed by atoms with Crippen molar-refractivity contribution in [1.82, 2.24) is 19.8 Å². The maximum atomic E-state index is 13.2. The number of unbranched alkanes of at least 4 members (excludes halogenated alkanes) is 1. The summed E-state index contributed by atoms with van der Waals surface area (Å²) in [5, 5.41) is 6.01. The van der Waals surface area contributed by atoms with E-state index >= 15 is 0 Å². The van der Waals surface area contributed by atoms with Crippen molar-refractivity contribution < 1.29 is 14.3 Å². The fourth-order valence-electron chi connectivity index (χ4n) is 3.85. The zero-order valence-electron chi connectivity index (χ0n) is 20.4. The van der Waals surface area contributed by atoms with Crippen molar-refractivity contribution in [2.45, 2.75) is 58.8 Å². The van der Waals surface area contributed by atoms with Crippen molar-refractivity contribution in [2.75, 3.05) is 7.11 Å². The number of benzene rings is 2. The van der Waals surface area contributed by atoms with Crippen LogP contribution in [0, 0.1) is 0 Å². The predicted molar refractivity (Wildman–Crippen MR) is 134 cm³/mol. The number of rotatable bonds is 11. The van der Waals surface area contributed by atoms with E-state index in [2.05, 4.69) is 10.6 Å². The normalized spacial score (nSPS) is 11.0. The molecule has 2 amide bonds. The summed E-state index contributed by atoms with van der Waals surface area (Å²) >= 11 is 0. The molecule has 3 aromatic rings. The molecule has 0 aliphatic carbocycles. The van der Waals surface area contributed by atoms with Gasteiger partial charge in [0.25, 0.3) is 5.56 Å². The van der Waals surface area contributed by atoms with Gasteiger partial charge in [0, 0.05) is 25.6 Å². The highest BCUT2D eigenvalue weighted by Gasteiger charge is 2.15. The molecule has 0 aliphatic rings. The van der Waals surface area contributed by atoms with Gasteiger partial charge in [0.1, 0.15) is 12.3 Å². The Kier molecular flexibility index (Phi) is 8.83. The number of ether oxygens (including phenoxy) is 1. The van der Waals surface area contributed by atoms with Crippen LogP contribution in [0.5, 0.6) is 5.75 Å². The Hall–Kier alpha value is -3.88. The van der Waals surface area contributed by atoms with Gasteiger partial charge in [-0.05, 0) is 56.5 Å². The summed E-state index contributed by atoms with van der Waals surface area (Å²) in [6.07, 6.45) is 1.35. The Morgan fingerprint density at radius 2 is 1.74 bits per heavy atom. The van der Waals surface area contributed by atoms with E-state index < -0.39 is 11.2 Å².